The van der Waals surface area contributed by atoms with E-state index in [-0.39, 0.29) is 6.61 Å². The van der Waals surface area contributed by atoms with E-state index in [1.807, 2.05) is 78.9 Å². The molecule has 2 N–H and O–H groups in total. The molecule has 0 aliphatic carbocycles. The molecule has 33 heavy (non-hydrogen) atoms. The predicted octanol–water partition coefficient (Wildman–Crippen LogP) is 3.65. The van der Waals surface area contributed by atoms with Crippen LogP contribution in [-0.4, -0.2) is 40.8 Å². The molecular formula is C27H26O6. The zero-order chi connectivity index (χ0) is 23.0. The van der Waals surface area contributed by atoms with Crippen molar-refractivity contribution in [3.63, 3.8) is 0 Å². The molecule has 1 aliphatic heterocycles. The Morgan fingerprint density at radius 2 is 1.52 bits per heavy atom. The molecule has 0 aromatic heterocycles. The number of rotatable bonds is 8. The quantitative estimate of drug-likeness (QED) is 0.406. The van der Waals surface area contributed by atoms with Gasteiger partial charge in [-0.3, -0.25) is 0 Å². The smallest absolute Gasteiger partial charge is 0.331 e. The molecule has 0 saturated carbocycles. The molecule has 0 amide bonds. The van der Waals surface area contributed by atoms with E-state index in [1.54, 1.807) is 18.2 Å². The third-order valence-electron chi connectivity index (χ3n) is 5.42. The Morgan fingerprint density at radius 1 is 0.909 bits per heavy atom. The van der Waals surface area contributed by atoms with Crippen LogP contribution in [0.25, 0.3) is 6.08 Å². The van der Waals surface area contributed by atoms with Crippen molar-refractivity contribution >= 4 is 12.0 Å². The van der Waals surface area contributed by atoms with E-state index in [9.17, 15) is 15.0 Å². The molecule has 6 heteroatoms. The maximum absolute atomic E-state index is 12.7. The second-order valence-electron chi connectivity index (χ2n) is 7.76. The standard InChI is InChI=1S/C27H26O6/c28-22(17-16-19-10-4-1-5-11-19)32-24(21-14-8-3-9-15-21)26-25(23(29)27(30)33-26)31-18-20-12-6-2-7-13-20/h1-17,23-27,29-30H,18H2/b17-16+/t23-,24-,25-,26-,27+/m1/s1. The minimum Gasteiger partial charge on any atom is -0.451 e. The van der Waals surface area contributed by atoms with Crippen LogP contribution in [0.3, 0.4) is 0 Å². The van der Waals surface area contributed by atoms with Gasteiger partial charge >= 0.3 is 5.97 Å². The molecule has 5 atom stereocenters. The van der Waals surface area contributed by atoms with Gasteiger partial charge in [-0.25, -0.2) is 4.79 Å². The Balaban J connectivity index is 1.54. The van der Waals surface area contributed by atoms with E-state index in [2.05, 4.69) is 0 Å². The topological polar surface area (TPSA) is 85.2 Å². The fraction of sp³-hybridized carbons (Fsp3) is 0.222. The Kier molecular flexibility index (Phi) is 7.65. The highest BCUT2D eigenvalue weighted by molar-refractivity contribution is 5.87. The minimum atomic E-state index is -1.46. The van der Waals surface area contributed by atoms with Gasteiger partial charge in [-0.05, 0) is 22.8 Å². The van der Waals surface area contributed by atoms with Crippen molar-refractivity contribution in [2.24, 2.45) is 0 Å². The Bertz CT molecular complexity index is 1040. The number of aliphatic hydroxyl groups is 2. The first-order valence-electron chi connectivity index (χ1n) is 10.8. The molecule has 1 saturated heterocycles. The fourth-order valence-electron chi connectivity index (χ4n) is 3.74. The second kappa shape index (κ2) is 11.0. The van der Waals surface area contributed by atoms with Crippen LogP contribution in [0.1, 0.15) is 22.8 Å². The molecule has 1 fully saturated rings. The van der Waals surface area contributed by atoms with Gasteiger partial charge in [0.15, 0.2) is 12.4 Å². The molecule has 0 bridgehead atoms. The van der Waals surface area contributed by atoms with Gasteiger partial charge < -0.3 is 24.4 Å². The van der Waals surface area contributed by atoms with Gasteiger partial charge in [0.2, 0.25) is 0 Å². The molecule has 0 unspecified atom stereocenters. The van der Waals surface area contributed by atoms with Gasteiger partial charge in [-0.15, -0.1) is 0 Å². The van der Waals surface area contributed by atoms with Crippen molar-refractivity contribution in [3.8, 4) is 0 Å². The Labute approximate surface area is 192 Å². The highest BCUT2D eigenvalue weighted by atomic mass is 16.7. The first kappa shape index (κ1) is 22.9. The minimum absolute atomic E-state index is 0.207. The molecule has 4 rings (SSSR count). The van der Waals surface area contributed by atoms with E-state index in [0.29, 0.717) is 5.56 Å². The first-order valence-corrected chi connectivity index (χ1v) is 10.8. The molecular weight excluding hydrogens is 420 g/mol. The SMILES string of the molecule is O=C(/C=C/c1ccccc1)O[C@H](c1ccccc1)[C@H]1O[C@H](O)[C@H](O)[C@H]1OCc1ccccc1. The molecule has 3 aromatic rings. The summed E-state index contributed by atoms with van der Waals surface area (Å²) in [4.78, 5) is 12.7. The molecule has 3 aromatic carbocycles. The lowest BCUT2D eigenvalue weighted by atomic mass is 9.98. The number of carbonyl (C=O) groups is 1. The van der Waals surface area contributed by atoms with Crippen LogP contribution in [0.2, 0.25) is 0 Å². The van der Waals surface area contributed by atoms with Crippen molar-refractivity contribution in [1.82, 2.24) is 0 Å². The number of benzene rings is 3. The fourth-order valence-corrected chi connectivity index (χ4v) is 3.74. The summed E-state index contributed by atoms with van der Waals surface area (Å²) in [6.45, 7) is 0.207. The highest BCUT2D eigenvalue weighted by Crippen LogP contribution is 2.35. The predicted molar refractivity (Wildman–Crippen MR) is 123 cm³/mol. The summed E-state index contributed by atoms with van der Waals surface area (Å²) in [6.07, 6.45) is -2.46. The molecule has 1 aliphatic rings. The molecule has 0 radical (unpaired) electrons. The Morgan fingerprint density at radius 3 is 2.18 bits per heavy atom. The van der Waals surface area contributed by atoms with E-state index in [0.717, 1.165) is 11.1 Å². The second-order valence-corrected chi connectivity index (χ2v) is 7.76. The lowest BCUT2D eigenvalue weighted by molar-refractivity contribution is -0.171. The number of aliphatic hydroxyl groups excluding tert-OH is 2. The van der Waals surface area contributed by atoms with E-state index in [1.165, 1.54) is 6.08 Å². The van der Waals surface area contributed by atoms with Crippen molar-refractivity contribution in [1.29, 1.82) is 0 Å². The number of hydrogen-bond acceptors (Lipinski definition) is 6. The van der Waals surface area contributed by atoms with Gasteiger partial charge in [-0.2, -0.15) is 0 Å². The normalized spacial score (nSPS) is 23.5. The molecule has 6 nitrogen and oxygen atoms in total. The summed E-state index contributed by atoms with van der Waals surface area (Å²) in [5, 5.41) is 20.7. The van der Waals surface area contributed by atoms with Crippen LogP contribution < -0.4 is 0 Å². The third-order valence-corrected chi connectivity index (χ3v) is 5.42. The summed E-state index contributed by atoms with van der Waals surface area (Å²) in [7, 11) is 0. The summed E-state index contributed by atoms with van der Waals surface area (Å²) in [5.74, 6) is -0.575. The van der Waals surface area contributed by atoms with Gasteiger partial charge in [0, 0.05) is 6.08 Å². The lowest BCUT2D eigenvalue weighted by Crippen LogP contribution is -2.39. The zero-order valence-corrected chi connectivity index (χ0v) is 17.9. The summed E-state index contributed by atoms with van der Waals surface area (Å²) in [5.41, 5.74) is 2.43. The average Bonchev–Trinajstić information content (AvgIpc) is 3.14. The van der Waals surface area contributed by atoms with Crippen LogP contribution >= 0.6 is 0 Å². The number of carbonyl (C=O) groups excluding carboxylic acids is 1. The maximum atomic E-state index is 12.7. The van der Waals surface area contributed by atoms with Gasteiger partial charge in [0.1, 0.15) is 18.3 Å². The summed E-state index contributed by atoms with van der Waals surface area (Å²) >= 11 is 0. The largest absolute Gasteiger partial charge is 0.451 e. The van der Waals surface area contributed by atoms with Crippen LogP contribution in [0.5, 0.6) is 0 Å². The first-order chi connectivity index (χ1) is 16.1. The zero-order valence-electron chi connectivity index (χ0n) is 17.9. The number of ether oxygens (including phenoxy) is 3. The van der Waals surface area contributed by atoms with Gasteiger partial charge in [0.05, 0.1) is 6.61 Å². The monoisotopic (exact) mass is 446 g/mol. The van der Waals surface area contributed by atoms with E-state index >= 15 is 0 Å². The van der Waals surface area contributed by atoms with Gasteiger partial charge in [0.25, 0.3) is 0 Å². The van der Waals surface area contributed by atoms with Crippen molar-refractivity contribution in [3.05, 3.63) is 114 Å². The molecule has 0 spiro atoms. The maximum Gasteiger partial charge on any atom is 0.331 e. The Hall–Kier alpha value is -3.29. The number of esters is 1. The van der Waals surface area contributed by atoms with E-state index in [4.69, 9.17) is 14.2 Å². The highest BCUT2D eigenvalue weighted by Gasteiger charge is 2.49. The molecule has 170 valence electrons. The number of hydrogen-bond donors (Lipinski definition) is 2. The summed E-state index contributed by atoms with van der Waals surface area (Å²) in [6, 6.07) is 28.0. The van der Waals surface area contributed by atoms with Gasteiger partial charge in [-0.1, -0.05) is 91.0 Å². The van der Waals surface area contributed by atoms with Crippen LogP contribution in [0.4, 0.5) is 0 Å². The van der Waals surface area contributed by atoms with Crippen LogP contribution in [-0.2, 0) is 25.6 Å². The summed E-state index contributed by atoms with van der Waals surface area (Å²) < 4.78 is 17.4. The van der Waals surface area contributed by atoms with Crippen LogP contribution in [0, 0.1) is 0 Å². The van der Waals surface area contributed by atoms with E-state index < -0.39 is 36.7 Å². The lowest BCUT2D eigenvalue weighted by Gasteiger charge is -2.28. The molecule has 1 heterocycles. The van der Waals surface area contributed by atoms with Crippen molar-refractivity contribution < 1.29 is 29.2 Å². The third kappa shape index (κ3) is 5.94. The van der Waals surface area contributed by atoms with Crippen molar-refractivity contribution in [2.45, 2.75) is 37.3 Å². The average molecular weight is 446 g/mol. The van der Waals surface area contributed by atoms with Crippen LogP contribution in [0.15, 0.2) is 97.1 Å². The van der Waals surface area contributed by atoms with Crippen molar-refractivity contribution in [2.75, 3.05) is 0 Å².